The minimum Gasteiger partial charge on any atom is -0.310 e. The molecule has 0 spiro atoms. The van der Waals surface area contributed by atoms with Gasteiger partial charge in [0.15, 0.2) is 0 Å². The summed E-state index contributed by atoms with van der Waals surface area (Å²) >= 11 is 0. The largest absolute Gasteiger partial charge is 0.310 e. The van der Waals surface area contributed by atoms with Crippen LogP contribution in [0.3, 0.4) is 0 Å². The van der Waals surface area contributed by atoms with E-state index in [1.54, 1.807) is 0 Å². The van der Waals surface area contributed by atoms with Gasteiger partial charge in [-0.2, -0.15) is 0 Å². The van der Waals surface area contributed by atoms with Crippen LogP contribution in [-0.2, 0) is 6.54 Å². The van der Waals surface area contributed by atoms with Gasteiger partial charge in [0.05, 0.1) is 0 Å². The molecular formula is C17H21N. The molecule has 1 atom stereocenters. The van der Waals surface area contributed by atoms with Crippen LogP contribution in [-0.4, -0.2) is 6.04 Å². The molecule has 94 valence electrons. The third kappa shape index (κ3) is 2.28. The van der Waals surface area contributed by atoms with E-state index in [0.29, 0.717) is 6.04 Å². The second-order valence-electron chi connectivity index (χ2n) is 5.50. The van der Waals surface area contributed by atoms with E-state index < -0.39 is 0 Å². The number of nitrogens with one attached hydrogen (secondary N) is 1. The summed E-state index contributed by atoms with van der Waals surface area (Å²) in [5.41, 5.74) is 1.42. The van der Waals surface area contributed by atoms with Gasteiger partial charge in [-0.15, -0.1) is 0 Å². The van der Waals surface area contributed by atoms with E-state index in [2.05, 4.69) is 54.7 Å². The molecule has 3 rings (SSSR count). The van der Waals surface area contributed by atoms with Crippen LogP contribution in [0.25, 0.3) is 10.8 Å². The van der Waals surface area contributed by atoms with E-state index in [1.165, 1.54) is 35.6 Å². The Hall–Kier alpha value is -1.34. The van der Waals surface area contributed by atoms with E-state index in [4.69, 9.17) is 0 Å². The van der Waals surface area contributed by atoms with Crippen molar-refractivity contribution in [2.45, 2.75) is 38.8 Å². The van der Waals surface area contributed by atoms with Crippen molar-refractivity contribution in [2.24, 2.45) is 5.92 Å². The minimum absolute atomic E-state index is 0.651. The van der Waals surface area contributed by atoms with Crippen LogP contribution in [0.4, 0.5) is 0 Å². The summed E-state index contributed by atoms with van der Waals surface area (Å²) in [6.45, 7) is 3.31. The summed E-state index contributed by atoms with van der Waals surface area (Å²) in [6.07, 6.45) is 4.23. The fourth-order valence-electron chi connectivity index (χ4n) is 2.82. The van der Waals surface area contributed by atoms with Crippen molar-refractivity contribution in [3.63, 3.8) is 0 Å². The maximum Gasteiger partial charge on any atom is 0.0214 e. The third-order valence-electron chi connectivity index (χ3n) is 4.35. The molecule has 1 N–H and O–H groups in total. The quantitative estimate of drug-likeness (QED) is 0.846. The first-order valence-corrected chi connectivity index (χ1v) is 7.04. The van der Waals surface area contributed by atoms with Crippen molar-refractivity contribution in [2.75, 3.05) is 0 Å². The topological polar surface area (TPSA) is 12.0 Å². The molecule has 0 saturated heterocycles. The van der Waals surface area contributed by atoms with Crippen LogP contribution in [0.5, 0.6) is 0 Å². The molecule has 0 bridgehead atoms. The Labute approximate surface area is 109 Å². The monoisotopic (exact) mass is 239 g/mol. The van der Waals surface area contributed by atoms with Gasteiger partial charge in [0.25, 0.3) is 0 Å². The van der Waals surface area contributed by atoms with Gasteiger partial charge in [-0.25, -0.2) is 0 Å². The Kier molecular flexibility index (Phi) is 3.33. The van der Waals surface area contributed by atoms with Crippen LogP contribution >= 0.6 is 0 Å². The molecule has 1 unspecified atom stereocenters. The van der Waals surface area contributed by atoms with Gasteiger partial charge in [-0.1, -0.05) is 48.9 Å². The SMILES string of the molecule is CC(NCc1cccc2ccccc12)C1CCC1. The molecule has 0 amide bonds. The predicted molar refractivity (Wildman–Crippen MR) is 77.6 cm³/mol. The number of fused-ring (bicyclic) bond motifs is 1. The first-order chi connectivity index (χ1) is 8.84. The molecule has 2 aromatic carbocycles. The summed E-state index contributed by atoms with van der Waals surface area (Å²) in [5.74, 6) is 0.903. The Morgan fingerprint density at radius 1 is 1.11 bits per heavy atom. The first kappa shape index (κ1) is 11.7. The zero-order valence-corrected chi connectivity index (χ0v) is 11.0. The smallest absolute Gasteiger partial charge is 0.0214 e. The highest BCUT2D eigenvalue weighted by Crippen LogP contribution is 2.29. The lowest BCUT2D eigenvalue weighted by Crippen LogP contribution is -2.36. The molecule has 0 heterocycles. The average molecular weight is 239 g/mol. The number of hydrogen-bond acceptors (Lipinski definition) is 1. The van der Waals surface area contributed by atoms with Gasteiger partial charge in [-0.3, -0.25) is 0 Å². The standard InChI is InChI=1S/C17H21N/c1-13(14-7-4-8-14)18-12-16-10-5-9-15-6-2-3-11-17(15)16/h2-3,5-6,9-11,13-14,18H,4,7-8,12H2,1H3. The number of hydrogen-bond donors (Lipinski definition) is 1. The second-order valence-corrected chi connectivity index (χ2v) is 5.50. The van der Waals surface area contributed by atoms with Crippen LogP contribution in [0.2, 0.25) is 0 Å². The van der Waals surface area contributed by atoms with Gasteiger partial charge >= 0.3 is 0 Å². The van der Waals surface area contributed by atoms with Gasteiger partial charge < -0.3 is 5.32 Å². The lowest BCUT2D eigenvalue weighted by atomic mass is 9.80. The van der Waals surface area contributed by atoms with E-state index in [1.807, 2.05) is 0 Å². The fraction of sp³-hybridized carbons (Fsp3) is 0.412. The molecule has 1 aliphatic carbocycles. The maximum absolute atomic E-state index is 3.69. The van der Waals surface area contributed by atoms with Crippen molar-refractivity contribution in [3.8, 4) is 0 Å². The summed E-state index contributed by atoms with van der Waals surface area (Å²) in [5, 5.41) is 6.42. The predicted octanol–water partition coefficient (Wildman–Crippen LogP) is 4.12. The average Bonchev–Trinajstić information content (AvgIpc) is 2.34. The molecule has 1 nitrogen and oxygen atoms in total. The second kappa shape index (κ2) is 5.11. The Bertz CT molecular complexity index is 523. The zero-order chi connectivity index (χ0) is 12.4. The summed E-state index contributed by atoms with van der Waals surface area (Å²) in [7, 11) is 0. The molecule has 0 aromatic heterocycles. The van der Waals surface area contributed by atoms with E-state index >= 15 is 0 Å². The highest BCUT2D eigenvalue weighted by molar-refractivity contribution is 5.85. The van der Waals surface area contributed by atoms with Crippen LogP contribution < -0.4 is 5.32 Å². The third-order valence-corrected chi connectivity index (χ3v) is 4.35. The van der Waals surface area contributed by atoms with Crippen molar-refractivity contribution >= 4 is 10.8 Å². The van der Waals surface area contributed by atoms with Crippen molar-refractivity contribution in [3.05, 3.63) is 48.0 Å². The molecule has 1 saturated carbocycles. The number of rotatable bonds is 4. The van der Waals surface area contributed by atoms with Crippen molar-refractivity contribution in [1.29, 1.82) is 0 Å². The molecule has 1 fully saturated rings. The summed E-state index contributed by atoms with van der Waals surface area (Å²) in [4.78, 5) is 0. The Morgan fingerprint density at radius 3 is 2.67 bits per heavy atom. The summed E-state index contributed by atoms with van der Waals surface area (Å²) < 4.78 is 0. The van der Waals surface area contributed by atoms with Crippen LogP contribution in [0.1, 0.15) is 31.7 Å². The Balaban J connectivity index is 1.74. The molecule has 0 aliphatic heterocycles. The van der Waals surface area contributed by atoms with Gasteiger partial charge in [0, 0.05) is 12.6 Å². The van der Waals surface area contributed by atoms with Gasteiger partial charge in [0.2, 0.25) is 0 Å². The Morgan fingerprint density at radius 2 is 1.89 bits per heavy atom. The first-order valence-electron chi connectivity index (χ1n) is 7.04. The maximum atomic E-state index is 3.69. The fourth-order valence-corrected chi connectivity index (χ4v) is 2.82. The van der Waals surface area contributed by atoms with Crippen molar-refractivity contribution < 1.29 is 0 Å². The molecule has 0 radical (unpaired) electrons. The molecule has 1 aliphatic rings. The highest BCUT2D eigenvalue weighted by Gasteiger charge is 2.23. The minimum atomic E-state index is 0.651. The molecular weight excluding hydrogens is 218 g/mol. The van der Waals surface area contributed by atoms with Crippen LogP contribution in [0, 0.1) is 5.92 Å². The molecule has 1 heteroatoms. The zero-order valence-electron chi connectivity index (χ0n) is 11.0. The molecule has 18 heavy (non-hydrogen) atoms. The highest BCUT2D eigenvalue weighted by atomic mass is 14.9. The van der Waals surface area contributed by atoms with Crippen LogP contribution in [0.15, 0.2) is 42.5 Å². The van der Waals surface area contributed by atoms with E-state index in [0.717, 1.165) is 12.5 Å². The lowest BCUT2D eigenvalue weighted by Gasteiger charge is -2.32. The number of benzene rings is 2. The van der Waals surface area contributed by atoms with Crippen molar-refractivity contribution in [1.82, 2.24) is 5.32 Å². The lowest BCUT2D eigenvalue weighted by molar-refractivity contribution is 0.240. The van der Waals surface area contributed by atoms with E-state index in [9.17, 15) is 0 Å². The molecule has 2 aromatic rings. The summed E-state index contributed by atoms with van der Waals surface area (Å²) in [6, 6.07) is 15.9. The van der Waals surface area contributed by atoms with Gasteiger partial charge in [-0.05, 0) is 42.0 Å². The van der Waals surface area contributed by atoms with Gasteiger partial charge in [0.1, 0.15) is 0 Å². The normalized spacial score (nSPS) is 17.6. The van der Waals surface area contributed by atoms with E-state index in [-0.39, 0.29) is 0 Å².